The highest BCUT2D eigenvalue weighted by Crippen LogP contribution is 2.16. The number of rotatable bonds is 5. The summed E-state index contributed by atoms with van der Waals surface area (Å²) >= 11 is 6.11. The van der Waals surface area contributed by atoms with E-state index in [1.807, 2.05) is 24.3 Å². The van der Waals surface area contributed by atoms with E-state index in [0.29, 0.717) is 17.1 Å². The molecule has 0 bridgehead atoms. The molecule has 112 valence electrons. The molecule has 5 nitrogen and oxygen atoms in total. The molecule has 0 aliphatic rings. The molecule has 1 aromatic heterocycles. The van der Waals surface area contributed by atoms with Crippen LogP contribution in [0, 0.1) is 0 Å². The fourth-order valence-corrected chi connectivity index (χ4v) is 2.08. The third kappa shape index (κ3) is 3.62. The summed E-state index contributed by atoms with van der Waals surface area (Å²) in [5.74, 6) is -0.165. The normalized spacial score (nSPS) is 12.2. The number of nitrogens with zero attached hydrogens (tertiary/aromatic N) is 3. The molecule has 2 rings (SSSR count). The first-order chi connectivity index (χ1) is 10.0. The van der Waals surface area contributed by atoms with Crippen molar-refractivity contribution in [3.63, 3.8) is 0 Å². The van der Waals surface area contributed by atoms with E-state index in [0.717, 1.165) is 5.56 Å². The minimum atomic E-state index is -0.232. The second-order valence-corrected chi connectivity index (χ2v) is 5.37. The molecule has 0 radical (unpaired) electrons. The molecule has 1 atom stereocenters. The third-order valence-electron chi connectivity index (χ3n) is 3.42. The molecule has 2 aromatic rings. The van der Waals surface area contributed by atoms with Crippen LogP contribution in [0.25, 0.3) is 0 Å². The second kappa shape index (κ2) is 6.74. The van der Waals surface area contributed by atoms with Gasteiger partial charge in [0.2, 0.25) is 0 Å². The monoisotopic (exact) mass is 307 g/mol. The summed E-state index contributed by atoms with van der Waals surface area (Å²) in [4.78, 5) is 13.7. The molecule has 1 N–H and O–H groups in total. The van der Waals surface area contributed by atoms with Gasteiger partial charge in [0.15, 0.2) is 0 Å². The lowest BCUT2D eigenvalue weighted by atomic mass is 10.2. The number of halogens is 1. The van der Waals surface area contributed by atoms with Crippen LogP contribution in [0.4, 0.5) is 0 Å². The third-order valence-corrected chi connectivity index (χ3v) is 3.78. The number of carbonyl (C=O) groups is 1. The van der Waals surface area contributed by atoms with E-state index in [-0.39, 0.29) is 18.6 Å². The van der Waals surface area contributed by atoms with Crippen LogP contribution >= 0.6 is 11.6 Å². The Morgan fingerprint density at radius 3 is 2.86 bits per heavy atom. The summed E-state index contributed by atoms with van der Waals surface area (Å²) in [6.45, 7) is 2.22. The first-order valence-corrected chi connectivity index (χ1v) is 7.04. The molecule has 0 fully saturated rings. The fraction of sp³-hybridized carbons (Fsp3) is 0.333. The lowest BCUT2D eigenvalue weighted by Gasteiger charge is -2.22. The van der Waals surface area contributed by atoms with Gasteiger partial charge in [-0.1, -0.05) is 29.8 Å². The molecule has 0 aliphatic carbocycles. The van der Waals surface area contributed by atoms with Gasteiger partial charge in [-0.3, -0.25) is 9.48 Å². The van der Waals surface area contributed by atoms with Crippen LogP contribution in [-0.4, -0.2) is 45.4 Å². The van der Waals surface area contributed by atoms with Crippen molar-refractivity contribution in [2.45, 2.75) is 19.5 Å². The molecule has 0 aliphatic heterocycles. The van der Waals surface area contributed by atoms with E-state index < -0.39 is 0 Å². The van der Waals surface area contributed by atoms with Crippen LogP contribution in [0.5, 0.6) is 0 Å². The number of aromatic nitrogens is 2. The molecule has 1 aromatic carbocycles. The van der Waals surface area contributed by atoms with Gasteiger partial charge in [0.05, 0.1) is 31.0 Å². The SMILES string of the molecule is CC(CO)N(C)C(=O)c1cnn(Cc2ccccc2Cl)c1. The van der Waals surface area contributed by atoms with Gasteiger partial charge in [-0.2, -0.15) is 5.10 Å². The fourth-order valence-electron chi connectivity index (χ4n) is 1.89. The predicted molar refractivity (Wildman–Crippen MR) is 81.4 cm³/mol. The van der Waals surface area contributed by atoms with Crippen molar-refractivity contribution in [3.8, 4) is 0 Å². The minimum absolute atomic E-state index is 0.0734. The van der Waals surface area contributed by atoms with E-state index in [4.69, 9.17) is 16.7 Å². The molecule has 1 amide bonds. The standard InChI is InChI=1S/C15H18ClN3O2/c1-11(10-20)18(2)15(21)13-7-17-19(9-13)8-12-5-3-4-6-14(12)16/h3-7,9,11,20H,8,10H2,1-2H3. The average Bonchev–Trinajstić information content (AvgIpc) is 2.95. The molecule has 1 unspecified atom stereocenters. The van der Waals surface area contributed by atoms with E-state index in [2.05, 4.69) is 5.10 Å². The van der Waals surface area contributed by atoms with Crippen molar-refractivity contribution in [2.75, 3.05) is 13.7 Å². The van der Waals surface area contributed by atoms with Gasteiger partial charge in [0.1, 0.15) is 0 Å². The zero-order valence-electron chi connectivity index (χ0n) is 12.0. The summed E-state index contributed by atoms with van der Waals surface area (Å²) in [6.07, 6.45) is 3.21. The van der Waals surface area contributed by atoms with E-state index in [1.54, 1.807) is 24.9 Å². The van der Waals surface area contributed by atoms with Gasteiger partial charge in [-0.05, 0) is 18.6 Å². The van der Waals surface area contributed by atoms with E-state index in [9.17, 15) is 4.79 Å². The Hall–Kier alpha value is -1.85. The van der Waals surface area contributed by atoms with Gasteiger partial charge in [-0.15, -0.1) is 0 Å². The number of aliphatic hydroxyl groups is 1. The van der Waals surface area contributed by atoms with Crippen LogP contribution in [0.1, 0.15) is 22.8 Å². The zero-order valence-corrected chi connectivity index (χ0v) is 12.8. The van der Waals surface area contributed by atoms with Gasteiger partial charge in [-0.25, -0.2) is 0 Å². The number of likely N-dealkylation sites (N-methyl/N-ethyl adjacent to an activating group) is 1. The van der Waals surface area contributed by atoms with Crippen LogP contribution in [-0.2, 0) is 6.54 Å². The van der Waals surface area contributed by atoms with Crippen molar-refractivity contribution >= 4 is 17.5 Å². The molecular formula is C15H18ClN3O2. The van der Waals surface area contributed by atoms with Gasteiger partial charge >= 0.3 is 0 Å². The Balaban J connectivity index is 2.11. The van der Waals surface area contributed by atoms with Gasteiger partial charge < -0.3 is 10.0 Å². The largest absolute Gasteiger partial charge is 0.394 e. The molecule has 0 saturated carbocycles. The molecule has 1 heterocycles. The highest BCUT2D eigenvalue weighted by molar-refractivity contribution is 6.31. The molecular weight excluding hydrogens is 290 g/mol. The second-order valence-electron chi connectivity index (χ2n) is 4.97. The van der Waals surface area contributed by atoms with Crippen molar-refractivity contribution in [2.24, 2.45) is 0 Å². The van der Waals surface area contributed by atoms with E-state index in [1.165, 1.54) is 11.1 Å². The van der Waals surface area contributed by atoms with Gasteiger partial charge in [0, 0.05) is 18.3 Å². The van der Waals surface area contributed by atoms with Crippen LogP contribution in [0.15, 0.2) is 36.7 Å². The smallest absolute Gasteiger partial charge is 0.257 e. The van der Waals surface area contributed by atoms with Crippen molar-refractivity contribution < 1.29 is 9.90 Å². The highest BCUT2D eigenvalue weighted by atomic mass is 35.5. The summed E-state index contributed by atoms with van der Waals surface area (Å²) < 4.78 is 1.67. The number of amides is 1. The first kappa shape index (κ1) is 15.5. The number of benzene rings is 1. The zero-order chi connectivity index (χ0) is 15.4. The Morgan fingerprint density at radius 1 is 1.48 bits per heavy atom. The predicted octanol–water partition coefficient (Wildman–Crippen LogP) is 2.04. The molecule has 0 spiro atoms. The van der Waals surface area contributed by atoms with Crippen molar-refractivity contribution in [3.05, 3.63) is 52.8 Å². The molecule has 21 heavy (non-hydrogen) atoms. The van der Waals surface area contributed by atoms with E-state index >= 15 is 0 Å². The summed E-state index contributed by atoms with van der Waals surface area (Å²) in [5.41, 5.74) is 1.43. The van der Waals surface area contributed by atoms with Crippen LogP contribution in [0.2, 0.25) is 5.02 Å². The maximum atomic E-state index is 12.2. The van der Waals surface area contributed by atoms with Crippen molar-refractivity contribution in [1.82, 2.24) is 14.7 Å². The topological polar surface area (TPSA) is 58.4 Å². The Bertz CT molecular complexity index is 627. The number of carbonyl (C=O) groups excluding carboxylic acids is 1. The molecule has 0 saturated heterocycles. The van der Waals surface area contributed by atoms with Crippen molar-refractivity contribution in [1.29, 1.82) is 0 Å². The van der Waals surface area contributed by atoms with Crippen LogP contribution < -0.4 is 0 Å². The number of aliphatic hydroxyl groups excluding tert-OH is 1. The molecule has 6 heteroatoms. The number of hydrogen-bond donors (Lipinski definition) is 1. The number of hydrogen-bond acceptors (Lipinski definition) is 3. The Kier molecular flexibility index (Phi) is 4.98. The minimum Gasteiger partial charge on any atom is -0.394 e. The Morgan fingerprint density at radius 2 is 2.19 bits per heavy atom. The first-order valence-electron chi connectivity index (χ1n) is 6.66. The van der Waals surface area contributed by atoms with Crippen LogP contribution in [0.3, 0.4) is 0 Å². The maximum absolute atomic E-state index is 12.2. The lowest BCUT2D eigenvalue weighted by molar-refractivity contribution is 0.0682. The highest BCUT2D eigenvalue weighted by Gasteiger charge is 2.18. The summed E-state index contributed by atoms with van der Waals surface area (Å²) in [5, 5.41) is 14.0. The Labute approximate surface area is 128 Å². The summed E-state index contributed by atoms with van der Waals surface area (Å²) in [6, 6.07) is 7.29. The maximum Gasteiger partial charge on any atom is 0.257 e. The van der Waals surface area contributed by atoms with Gasteiger partial charge in [0.25, 0.3) is 5.91 Å². The quantitative estimate of drug-likeness (QED) is 0.919. The summed E-state index contributed by atoms with van der Waals surface area (Å²) in [7, 11) is 1.66. The lowest BCUT2D eigenvalue weighted by Crippen LogP contribution is -2.37. The average molecular weight is 308 g/mol.